The molecule has 0 fully saturated rings. The second-order valence-corrected chi connectivity index (χ2v) is 4.83. The van der Waals surface area contributed by atoms with Gasteiger partial charge in [0.25, 0.3) is 0 Å². The van der Waals surface area contributed by atoms with Crippen LogP contribution >= 0.6 is 0 Å². The molecule has 3 nitrogen and oxygen atoms in total. The molecule has 0 saturated heterocycles. The summed E-state index contributed by atoms with van der Waals surface area (Å²) in [5.41, 5.74) is 9.30. The Bertz CT molecular complexity index is 506. The van der Waals surface area contributed by atoms with Crippen LogP contribution in [0.4, 0.5) is 0 Å². The van der Waals surface area contributed by atoms with Crippen molar-refractivity contribution in [1.29, 1.82) is 0 Å². The Morgan fingerprint density at radius 3 is 2.39 bits per heavy atom. The smallest absolute Gasteiger partial charge is 0.0890 e. The molecule has 0 aliphatic rings. The third-order valence-corrected chi connectivity index (χ3v) is 3.66. The van der Waals surface area contributed by atoms with Gasteiger partial charge >= 0.3 is 0 Å². The quantitative estimate of drug-likeness (QED) is 0.875. The number of fused-ring (bicyclic) bond motifs is 1. The van der Waals surface area contributed by atoms with Gasteiger partial charge in [-0.25, -0.2) is 0 Å². The molecule has 0 saturated carbocycles. The van der Waals surface area contributed by atoms with Crippen LogP contribution in [0.1, 0.15) is 44.7 Å². The average molecular weight is 243 g/mol. The predicted octanol–water partition coefficient (Wildman–Crippen LogP) is 3.46. The highest BCUT2D eigenvalue weighted by Gasteiger charge is 2.12. The molecule has 3 heteroatoms. The summed E-state index contributed by atoms with van der Waals surface area (Å²) in [6, 6.07) is 6.24. The molecule has 2 rings (SSSR count). The van der Waals surface area contributed by atoms with Crippen molar-refractivity contribution in [3.8, 4) is 0 Å². The molecule has 0 bridgehead atoms. The molecule has 0 radical (unpaired) electrons. The fraction of sp³-hybridized carbons (Fsp3) is 0.467. The predicted molar refractivity (Wildman–Crippen MR) is 75.2 cm³/mol. The number of hydrogen-bond acceptors (Lipinski definition) is 3. The van der Waals surface area contributed by atoms with E-state index >= 15 is 0 Å². The average Bonchev–Trinajstić information content (AvgIpc) is 2.44. The van der Waals surface area contributed by atoms with Crippen LogP contribution in [0.25, 0.3) is 11.0 Å². The van der Waals surface area contributed by atoms with E-state index in [1.165, 1.54) is 12.8 Å². The summed E-state index contributed by atoms with van der Waals surface area (Å²) in [6.45, 7) is 4.46. The van der Waals surface area contributed by atoms with Crippen molar-refractivity contribution in [2.24, 2.45) is 11.7 Å². The third-order valence-electron chi connectivity index (χ3n) is 3.66. The van der Waals surface area contributed by atoms with Crippen LogP contribution in [0, 0.1) is 5.92 Å². The van der Waals surface area contributed by atoms with Gasteiger partial charge in [-0.1, -0.05) is 32.8 Å². The summed E-state index contributed by atoms with van der Waals surface area (Å²) in [6.07, 6.45) is 6.86. The second kappa shape index (κ2) is 5.91. The highest BCUT2D eigenvalue weighted by atomic mass is 14.8. The molecule has 18 heavy (non-hydrogen) atoms. The first-order valence-electron chi connectivity index (χ1n) is 6.70. The van der Waals surface area contributed by atoms with Crippen molar-refractivity contribution in [2.75, 3.05) is 0 Å². The van der Waals surface area contributed by atoms with Gasteiger partial charge in [-0.3, -0.25) is 9.97 Å². The number of hydrogen-bond donors (Lipinski definition) is 1. The van der Waals surface area contributed by atoms with E-state index < -0.39 is 0 Å². The number of nitrogens with zero attached hydrogens (tertiary/aromatic N) is 2. The Morgan fingerprint density at radius 2 is 1.72 bits per heavy atom. The fourth-order valence-electron chi connectivity index (χ4n) is 2.33. The van der Waals surface area contributed by atoms with Crippen LogP contribution < -0.4 is 5.73 Å². The van der Waals surface area contributed by atoms with Crippen LogP contribution in [-0.2, 0) is 0 Å². The molecule has 1 aromatic carbocycles. The van der Waals surface area contributed by atoms with Crippen molar-refractivity contribution in [3.05, 3.63) is 36.2 Å². The molecule has 1 aromatic heterocycles. The molecule has 1 heterocycles. The summed E-state index contributed by atoms with van der Waals surface area (Å²) in [5, 5.41) is 0. The molecular weight excluding hydrogens is 222 g/mol. The van der Waals surface area contributed by atoms with E-state index in [0.717, 1.165) is 23.0 Å². The van der Waals surface area contributed by atoms with Crippen LogP contribution in [-0.4, -0.2) is 9.97 Å². The van der Waals surface area contributed by atoms with Gasteiger partial charge in [-0.2, -0.15) is 0 Å². The van der Waals surface area contributed by atoms with E-state index in [1.54, 1.807) is 12.4 Å². The van der Waals surface area contributed by atoms with E-state index in [-0.39, 0.29) is 6.04 Å². The molecule has 0 spiro atoms. The van der Waals surface area contributed by atoms with Gasteiger partial charge in [0.05, 0.1) is 11.0 Å². The minimum Gasteiger partial charge on any atom is -0.324 e. The zero-order chi connectivity index (χ0) is 13.0. The first-order chi connectivity index (χ1) is 8.74. The van der Waals surface area contributed by atoms with E-state index in [9.17, 15) is 0 Å². The summed E-state index contributed by atoms with van der Waals surface area (Å²) in [5.74, 6) is 0.706. The molecule has 1 atom stereocenters. The summed E-state index contributed by atoms with van der Waals surface area (Å²) in [7, 11) is 0. The number of nitrogens with two attached hydrogens (primary N) is 1. The van der Waals surface area contributed by atoms with Crippen molar-refractivity contribution in [3.63, 3.8) is 0 Å². The largest absolute Gasteiger partial charge is 0.324 e. The summed E-state index contributed by atoms with van der Waals surface area (Å²) >= 11 is 0. The van der Waals surface area contributed by atoms with Gasteiger partial charge in [0.15, 0.2) is 0 Å². The topological polar surface area (TPSA) is 51.8 Å². The Balaban J connectivity index is 2.19. The van der Waals surface area contributed by atoms with E-state index in [0.29, 0.717) is 5.92 Å². The first kappa shape index (κ1) is 13.0. The van der Waals surface area contributed by atoms with Gasteiger partial charge in [-0.05, 0) is 30.0 Å². The summed E-state index contributed by atoms with van der Waals surface area (Å²) < 4.78 is 0. The Kier molecular flexibility index (Phi) is 4.26. The van der Waals surface area contributed by atoms with Crippen LogP contribution in [0.15, 0.2) is 30.6 Å². The number of aromatic nitrogens is 2. The van der Waals surface area contributed by atoms with Crippen LogP contribution in [0.3, 0.4) is 0 Å². The van der Waals surface area contributed by atoms with Crippen molar-refractivity contribution < 1.29 is 0 Å². The first-order valence-corrected chi connectivity index (χ1v) is 6.70. The monoisotopic (exact) mass is 243 g/mol. The van der Waals surface area contributed by atoms with E-state index in [4.69, 9.17) is 5.73 Å². The SMILES string of the molecule is CCC(CC)CC(N)c1ccc2nccnc2c1. The van der Waals surface area contributed by atoms with Crippen molar-refractivity contribution >= 4 is 11.0 Å². The maximum absolute atomic E-state index is 6.29. The lowest BCUT2D eigenvalue weighted by molar-refractivity contribution is 0.415. The lowest BCUT2D eigenvalue weighted by Gasteiger charge is -2.18. The Labute approximate surface area is 108 Å². The van der Waals surface area contributed by atoms with Crippen molar-refractivity contribution in [1.82, 2.24) is 9.97 Å². The lowest BCUT2D eigenvalue weighted by atomic mass is 9.91. The molecular formula is C15H21N3. The standard InChI is InChI=1S/C15H21N3/c1-3-11(4-2)9-13(16)12-5-6-14-15(10-12)18-8-7-17-14/h5-8,10-11,13H,3-4,9,16H2,1-2H3. The van der Waals surface area contributed by atoms with Crippen molar-refractivity contribution in [2.45, 2.75) is 39.2 Å². The van der Waals surface area contributed by atoms with E-state index in [1.807, 2.05) is 6.07 Å². The number of benzene rings is 1. The zero-order valence-electron chi connectivity index (χ0n) is 11.1. The molecule has 0 aliphatic heterocycles. The van der Waals surface area contributed by atoms with Crippen LogP contribution in [0.2, 0.25) is 0 Å². The maximum atomic E-state index is 6.29. The van der Waals surface area contributed by atoms with Gasteiger partial charge in [0.1, 0.15) is 0 Å². The Morgan fingerprint density at radius 1 is 1.06 bits per heavy atom. The lowest BCUT2D eigenvalue weighted by Crippen LogP contribution is -2.15. The van der Waals surface area contributed by atoms with Crippen LogP contribution in [0.5, 0.6) is 0 Å². The highest BCUT2D eigenvalue weighted by molar-refractivity contribution is 5.74. The molecule has 96 valence electrons. The minimum absolute atomic E-state index is 0.0984. The zero-order valence-corrected chi connectivity index (χ0v) is 11.1. The van der Waals surface area contributed by atoms with E-state index in [2.05, 4.69) is 35.9 Å². The van der Waals surface area contributed by atoms with Gasteiger partial charge < -0.3 is 5.73 Å². The third kappa shape index (κ3) is 2.85. The summed E-state index contributed by atoms with van der Waals surface area (Å²) in [4.78, 5) is 8.60. The highest BCUT2D eigenvalue weighted by Crippen LogP contribution is 2.24. The Hall–Kier alpha value is -1.48. The molecule has 0 aliphatic carbocycles. The normalized spacial score (nSPS) is 13.1. The molecule has 0 amide bonds. The fourth-order valence-corrected chi connectivity index (χ4v) is 2.33. The second-order valence-electron chi connectivity index (χ2n) is 4.83. The molecule has 2 aromatic rings. The minimum atomic E-state index is 0.0984. The van der Waals surface area contributed by atoms with Gasteiger partial charge in [-0.15, -0.1) is 0 Å². The maximum Gasteiger partial charge on any atom is 0.0890 e. The van der Waals surface area contributed by atoms with Gasteiger partial charge in [0, 0.05) is 18.4 Å². The number of rotatable bonds is 5. The molecule has 2 N–H and O–H groups in total. The molecule has 1 unspecified atom stereocenters. The van der Waals surface area contributed by atoms with Gasteiger partial charge in [0.2, 0.25) is 0 Å².